The van der Waals surface area contributed by atoms with Gasteiger partial charge in [-0.2, -0.15) is 5.10 Å². The van der Waals surface area contributed by atoms with E-state index in [1.807, 2.05) is 24.3 Å². The average molecular weight is 241 g/mol. The minimum atomic E-state index is -0.175. The summed E-state index contributed by atoms with van der Waals surface area (Å²) < 4.78 is 0.985. The number of carbonyl (C=O) groups is 1. The number of hydrogen-bond acceptors (Lipinski definition) is 2. The van der Waals surface area contributed by atoms with Crippen molar-refractivity contribution in [2.45, 2.75) is 6.92 Å². The molecule has 0 spiro atoms. The Labute approximate surface area is 85.0 Å². The smallest absolute Gasteiger partial charge is 0.236 e. The van der Waals surface area contributed by atoms with Gasteiger partial charge in [0.05, 0.1) is 6.21 Å². The second-order valence-corrected chi connectivity index (χ2v) is 3.40. The lowest BCUT2D eigenvalue weighted by Crippen LogP contribution is -2.12. The summed E-state index contributed by atoms with van der Waals surface area (Å²) in [5.41, 5.74) is 3.26. The van der Waals surface area contributed by atoms with Gasteiger partial charge in [0.15, 0.2) is 0 Å². The van der Waals surface area contributed by atoms with Crippen LogP contribution in [0.25, 0.3) is 0 Å². The molecule has 68 valence electrons. The maximum Gasteiger partial charge on any atom is 0.236 e. The molecule has 0 aliphatic carbocycles. The lowest BCUT2D eigenvalue weighted by Gasteiger charge is -1.94. The second-order valence-electron chi connectivity index (χ2n) is 2.48. The molecule has 0 radical (unpaired) electrons. The molecule has 0 aliphatic heterocycles. The number of benzene rings is 1. The molecule has 1 N–H and O–H groups in total. The average Bonchev–Trinajstić information content (AvgIpc) is 2.03. The van der Waals surface area contributed by atoms with E-state index in [-0.39, 0.29) is 5.91 Å². The third-order valence-corrected chi connectivity index (χ3v) is 1.78. The van der Waals surface area contributed by atoms with Gasteiger partial charge in [0.25, 0.3) is 0 Å². The van der Waals surface area contributed by atoms with Gasteiger partial charge >= 0.3 is 0 Å². The van der Waals surface area contributed by atoms with Gasteiger partial charge in [-0.15, -0.1) is 0 Å². The molecule has 1 rings (SSSR count). The third kappa shape index (κ3) is 3.85. The van der Waals surface area contributed by atoms with Crippen molar-refractivity contribution in [3.05, 3.63) is 34.3 Å². The minimum absolute atomic E-state index is 0.175. The third-order valence-electron chi connectivity index (χ3n) is 1.28. The molecule has 0 fully saturated rings. The molecular weight excluding hydrogens is 232 g/mol. The van der Waals surface area contributed by atoms with Crippen LogP contribution in [0.1, 0.15) is 12.5 Å². The Morgan fingerprint density at radius 1 is 1.62 bits per heavy atom. The van der Waals surface area contributed by atoms with Gasteiger partial charge in [0, 0.05) is 11.4 Å². The summed E-state index contributed by atoms with van der Waals surface area (Å²) in [5.74, 6) is -0.175. The molecule has 0 aromatic heterocycles. The number of carbonyl (C=O) groups excluding carboxylic acids is 1. The van der Waals surface area contributed by atoms with Gasteiger partial charge in [-0.05, 0) is 17.7 Å². The Bertz CT molecular complexity index is 336. The number of hydrogen-bond donors (Lipinski definition) is 1. The van der Waals surface area contributed by atoms with E-state index in [0.717, 1.165) is 10.0 Å². The summed E-state index contributed by atoms with van der Waals surface area (Å²) in [6.07, 6.45) is 1.59. The van der Waals surface area contributed by atoms with E-state index in [4.69, 9.17) is 0 Å². The number of amides is 1. The van der Waals surface area contributed by atoms with E-state index >= 15 is 0 Å². The Morgan fingerprint density at radius 2 is 2.38 bits per heavy atom. The van der Waals surface area contributed by atoms with Crippen molar-refractivity contribution in [2.24, 2.45) is 5.10 Å². The summed E-state index contributed by atoms with van der Waals surface area (Å²) in [7, 11) is 0. The molecular formula is C9H9BrN2O. The molecule has 13 heavy (non-hydrogen) atoms. The number of hydrazone groups is 1. The Morgan fingerprint density at radius 3 is 3.00 bits per heavy atom. The van der Waals surface area contributed by atoms with E-state index < -0.39 is 0 Å². The van der Waals surface area contributed by atoms with E-state index in [9.17, 15) is 4.79 Å². The van der Waals surface area contributed by atoms with Gasteiger partial charge in [0.1, 0.15) is 0 Å². The summed E-state index contributed by atoms with van der Waals surface area (Å²) in [6.45, 7) is 1.41. The van der Waals surface area contributed by atoms with Crippen LogP contribution in [0.3, 0.4) is 0 Å². The first-order valence-electron chi connectivity index (χ1n) is 3.73. The zero-order valence-electron chi connectivity index (χ0n) is 7.12. The molecule has 4 heteroatoms. The highest BCUT2D eigenvalue weighted by atomic mass is 79.9. The summed E-state index contributed by atoms with van der Waals surface area (Å²) in [5, 5.41) is 3.74. The van der Waals surface area contributed by atoms with Crippen LogP contribution in [0, 0.1) is 0 Å². The SMILES string of the molecule is CC(=O)NN=Cc1cccc(Br)c1. The predicted octanol–water partition coefficient (Wildman–Crippen LogP) is 1.92. The number of rotatable bonds is 2. The van der Waals surface area contributed by atoms with Gasteiger partial charge in [0.2, 0.25) is 5.91 Å². The quantitative estimate of drug-likeness (QED) is 0.623. The zero-order chi connectivity index (χ0) is 9.68. The maximum absolute atomic E-state index is 10.5. The molecule has 0 saturated carbocycles. The van der Waals surface area contributed by atoms with Crippen LogP contribution in [-0.4, -0.2) is 12.1 Å². The van der Waals surface area contributed by atoms with Crippen molar-refractivity contribution >= 4 is 28.1 Å². The summed E-state index contributed by atoms with van der Waals surface area (Å²) in [4.78, 5) is 10.5. The maximum atomic E-state index is 10.5. The molecule has 1 amide bonds. The van der Waals surface area contributed by atoms with Crippen LogP contribution in [0.5, 0.6) is 0 Å². The lowest BCUT2D eigenvalue weighted by molar-refractivity contribution is -0.118. The van der Waals surface area contributed by atoms with Crippen molar-refractivity contribution in [2.75, 3.05) is 0 Å². The van der Waals surface area contributed by atoms with Gasteiger partial charge in [-0.25, -0.2) is 5.43 Å². The van der Waals surface area contributed by atoms with Crippen molar-refractivity contribution < 1.29 is 4.79 Å². The normalized spacial score (nSPS) is 10.3. The number of nitrogens with one attached hydrogen (secondary N) is 1. The van der Waals surface area contributed by atoms with Crippen LogP contribution in [0.15, 0.2) is 33.8 Å². The van der Waals surface area contributed by atoms with Crippen LogP contribution >= 0.6 is 15.9 Å². The molecule has 0 atom stereocenters. The van der Waals surface area contributed by atoms with E-state index in [2.05, 4.69) is 26.5 Å². The van der Waals surface area contributed by atoms with Crippen molar-refractivity contribution in [3.8, 4) is 0 Å². The molecule has 3 nitrogen and oxygen atoms in total. The topological polar surface area (TPSA) is 41.5 Å². The number of halogens is 1. The summed E-state index contributed by atoms with van der Waals surface area (Å²) >= 11 is 3.33. The molecule has 0 saturated heterocycles. The first-order chi connectivity index (χ1) is 6.18. The lowest BCUT2D eigenvalue weighted by atomic mass is 10.2. The van der Waals surface area contributed by atoms with Crippen molar-refractivity contribution in [3.63, 3.8) is 0 Å². The second kappa shape index (κ2) is 4.77. The fraction of sp³-hybridized carbons (Fsp3) is 0.111. The first-order valence-corrected chi connectivity index (χ1v) is 4.53. The summed E-state index contributed by atoms with van der Waals surface area (Å²) in [6, 6.07) is 7.64. The van der Waals surface area contributed by atoms with E-state index in [1.54, 1.807) is 6.21 Å². The molecule has 0 bridgehead atoms. The molecule has 0 aliphatic rings. The highest BCUT2D eigenvalue weighted by Crippen LogP contribution is 2.09. The van der Waals surface area contributed by atoms with Crippen LogP contribution in [0.2, 0.25) is 0 Å². The minimum Gasteiger partial charge on any atom is -0.274 e. The number of nitrogens with zero attached hydrogens (tertiary/aromatic N) is 1. The van der Waals surface area contributed by atoms with Gasteiger partial charge in [-0.1, -0.05) is 28.1 Å². The zero-order valence-corrected chi connectivity index (χ0v) is 8.71. The van der Waals surface area contributed by atoms with E-state index in [1.165, 1.54) is 6.92 Å². The van der Waals surface area contributed by atoms with Gasteiger partial charge in [-0.3, -0.25) is 4.79 Å². The highest BCUT2D eigenvalue weighted by Gasteiger charge is 1.89. The largest absolute Gasteiger partial charge is 0.274 e. The predicted molar refractivity (Wildman–Crippen MR) is 55.6 cm³/mol. The van der Waals surface area contributed by atoms with Crippen LogP contribution in [0.4, 0.5) is 0 Å². The van der Waals surface area contributed by atoms with E-state index in [0.29, 0.717) is 0 Å². The highest BCUT2D eigenvalue weighted by molar-refractivity contribution is 9.10. The van der Waals surface area contributed by atoms with Crippen LogP contribution < -0.4 is 5.43 Å². The Balaban J connectivity index is 2.63. The van der Waals surface area contributed by atoms with Crippen LogP contribution in [-0.2, 0) is 4.79 Å². The fourth-order valence-electron chi connectivity index (χ4n) is 0.785. The molecule has 0 heterocycles. The van der Waals surface area contributed by atoms with Crippen molar-refractivity contribution in [1.82, 2.24) is 5.43 Å². The van der Waals surface area contributed by atoms with Crippen molar-refractivity contribution in [1.29, 1.82) is 0 Å². The Hall–Kier alpha value is -1.16. The molecule has 0 unspecified atom stereocenters. The first kappa shape index (κ1) is 9.92. The molecule has 1 aromatic rings. The monoisotopic (exact) mass is 240 g/mol. The Kier molecular flexibility index (Phi) is 3.64. The fourth-order valence-corrected chi connectivity index (χ4v) is 1.20. The molecule has 1 aromatic carbocycles. The standard InChI is InChI=1S/C9H9BrN2O/c1-7(13)12-11-6-8-3-2-4-9(10)5-8/h2-6H,1H3,(H,12,13). The van der Waals surface area contributed by atoms with Gasteiger partial charge < -0.3 is 0 Å².